The summed E-state index contributed by atoms with van der Waals surface area (Å²) in [6.07, 6.45) is -4.04. The van der Waals surface area contributed by atoms with Crippen LogP contribution in [-0.4, -0.2) is 46.8 Å². The second-order valence-electron chi connectivity index (χ2n) is 7.42. The number of alkyl halides is 3. The number of nitrogens with zero attached hydrogens (tertiary/aromatic N) is 3. The standard InChI is InChI=1S/C20H22F3N3O3/c1-12-7-17(20(21,22)23)25-18(8-12)29-15-9-13(2)26(11-15)10-14-3-4-16-19(24-14)28-6-5-27-16/h3-4,7-8,13,15H,5-6,9-11H2,1-2H3/t13-,15+/m0/s1. The van der Waals surface area contributed by atoms with Gasteiger partial charge in [-0.25, -0.2) is 9.97 Å². The van der Waals surface area contributed by atoms with E-state index in [2.05, 4.69) is 21.8 Å². The predicted molar refractivity (Wildman–Crippen MR) is 98.1 cm³/mol. The average Bonchev–Trinajstić information content (AvgIpc) is 2.99. The molecule has 4 heterocycles. The van der Waals surface area contributed by atoms with Crippen molar-refractivity contribution in [3.63, 3.8) is 0 Å². The summed E-state index contributed by atoms with van der Waals surface area (Å²) in [5.41, 5.74) is 0.372. The molecule has 1 saturated heterocycles. The van der Waals surface area contributed by atoms with Crippen LogP contribution < -0.4 is 14.2 Å². The van der Waals surface area contributed by atoms with Gasteiger partial charge in [-0.3, -0.25) is 4.90 Å². The molecule has 0 unspecified atom stereocenters. The van der Waals surface area contributed by atoms with Gasteiger partial charge in [0.15, 0.2) is 5.75 Å². The van der Waals surface area contributed by atoms with Gasteiger partial charge in [0, 0.05) is 31.6 Å². The molecule has 0 saturated carbocycles. The van der Waals surface area contributed by atoms with Crippen LogP contribution >= 0.6 is 0 Å². The molecule has 2 aromatic rings. The highest BCUT2D eigenvalue weighted by atomic mass is 19.4. The maximum atomic E-state index is 13.0. The molecule has 2 atom stereocenters. The Bertz CT molecular complexity index is 891. The molecule has 4 rings (SSSR count). The number of rotatable bonds is 4. The third kappa shape index (κ3) is 4.55. The fourth-order valence-corrected chi connectivity index (χ4v) is 3.63. The molecule has 2 aliphatic heterocycles. The van der Waals surface area contributed by atoms with Gasteiger partial charge >= 0.3 is 6.18 Å². The van der Waals surface area contributed by atoms with Crippen LogP contribution in [0.5, 0.6) is 17.5 Å². The van der Waals surface area contributed by atoms with Crippen LogP contribution in [-0.2, 0) is 12.7 Å². The summed E-state index contributed by atoms with van der Waals surface area (Å²) < 4.78 is 55.8. The number of halogens is 3. The van der Waals surface area contributed by atoms with Crippen LogP contribution in [0.1, 0.15) is 30.3 Å². The van der Waals surface area contributed by atoms with Crippen molar-refractivity contribution in [1.82, 2.24) is 14.9 Å². The number of aryl methyl sites for hydroxylation is 1. The van der Waals surface area contributed by atoms with Gasteiger partial charge in [-0.15, -0.1) is 0 Å². The zero-order valence-electron chi connectivity index (χ0n) is 16.2. The first-order valence-corrected chi connectivity index (χ1v) is 9.50. The van der Waals surface area contributed by atoms with Gasteiger partial charge in [0.05, 0.1) is 5.69 Å². The van der Waals surface area contributed by atoms with Gasteiger partial charge in [0.25, 0.3) is 5.88 Å². The van der Waals surface area contributed by atoms with E-state index in [4.69, 9.17) is 14.2 Å². The van der Waals surface area contributed by atoms with Gasteiger partial charge < -0.3 is 14.2 Å². The molecule has 2 aromatic heterocycles. The number of hydrogen-bond acceptors (Lipinski definition) is 6. The lowest BCUT2D eigenvalue weighted by molar-refractivity contribution is -0.141. The zero-order chi connectivity index (χ0) is 20.6. The Morgan fingerprint density at radius 1 is 1.17 bits per heavy atom. The second kappa shape index (κ2) is 7.70. The van der Waals surface area contributed by atoms with Crippen molar-refractivity contribution < 1.29 is 27.4 Å². The van der Waals surface area contributed by atoms with Crippen LogP contribution in [0, 0.1) is 6.92 Å². The molecule has 0 aromatic carbocycles. The molecule has 6 nitrogen and oxygen atoms in total. The fraction of sp³-hybridized carbons (Fsp3) is 0.500. The highest BCUT2D eigenvalue weighted by Crippen LogP contribution is 2.32. The summed E-state index contributed by atoms with van der Waals surface area (Å²) in [4.78, 5) is 10.3. The number of pyridine rings is 2. The van der Waals surface area contributed by atoms with Gasteiger partial charge in [0.2, 0.25) is 5.88 Å². The summed E-state index contributed by atoms with van der Waals surface area (Å²) in [6, 6.07) is 6.49. The molecule has 2 aliphatic rings. The highest BCUT2D eigenvalue weighted by molar-refractivity contribution is 5.36. The van der Waals surface area contributed by atoms with Crippen LogP contribution in [0.2, 0.25) is 0 Å². The molecule has 0 N–H and O–H groups in total. The lowest BCUT2D eigenvalue weighted by Gasteiger charge is -2.22. The van der Waals surface area contributed by atoms with E-state index in [9.17, 15) is 13.2 Å². The number of likely N-dealkylation sites (tertiary alicyclic amines) is 1. The molecule has 0 aliphatic carbocycles. The summed E-state index contributed by atoms with van der Waals surface area (Å²) in [5, 5.41) is 0. The quantitative estimate of drug-likeness (QED) is 0.769. The summed E-state index contributed by atoms with van der Waals surface area (Å²) in [5.74, 6) is 1.15. The Kier molecular flexibility index (Phi) is 5.24. The maximum absolute atomic E-state index is 13.0. The second-order valence-corrected chi connectivity index (χ2v) is 7.42. The number of ether oxygens (including phenoxy) is 3. The van der Waals surface area contributed by atoms with E-state index in [1.165, 1.54) is 6.07 Å². The minimum Gasteiger partial charge on any atom is -0.484 e. The van der Waals surface area contributed by atoms with Crippen molar-refractivity contribution in [2.75, 3.05) is 19.8 Å². The Morgan fingerprint density at radius 2 is 1.97 bits per heavy atom. The Morgan fingerprint density at radius 3 is 2.76 bits per heavy atom. The number of fused-ring (bicyclic) bond motifs is 1. The normalized spacial score (nSPS) is 22.0. The van der Waals surface area contributed by atoms with Crippen LogP contribution in [0.15, 0.2) is 24.3 Å². The molecular formula is C20H22F3N3O3. The Hall–Kier alpha value is -2.55. The fourth-order valence-electron chi connectivity index (χ4n) is 3.63. The largest absolute Gasteiger partial charge is 0.484 e. The molecule has 9 heteroatoms. The van der Waals surface area contributed by atoms with E-state index in [1.807, 2.05) is 12.1 Å². The molecule has 156 valence electrons. The molecular weight excluding hydrogens is 387 g/mol. The first-order chi connectivity index (χ1) is 13.8. The topological polar surface area (TPSA) is 56.7 Å². The van der Waals surface area contributed by atoms with E-state index < -0.39 is 11.9 Å². The van der Waals surface area contributed by atoms with E-state index in [0.29, 0.717) is 49.9 Å². The average molecular weight is 409 g/mol. The van der Waals surface area contributed by atoms with Crippen LogP contribution in [0.3, 0.4) is 0 Å². The van der Waals surface area contributed by atoms with Crippen LogP contribution in [0.25, 0.3) is 0 Å². The van der Waals surface area contributed by atoms with Gasteiger partial charge in [0.1, 0.15) is 25.0 Å². The molecule has 0 amide bonds. The monoisotopic (exact) mass is 409 g/mol. The van der Waals surface area contributed by atoms with Gasteiger partial charge in [-0.1, -0.05) is 0 Å². The summed E-state index contributed by atoms with van der Waals surface area (Å²) in [7, 11) is 0. The van der Waals surface area contributed by atoms with Gasteiger partial charge in [-0.2, -0.15) is 13.2 Å². The van der Waals surface area contributed by atoms with Crippen LogP contribution in [0.4, 0.5) is 13.2 Å². The third-order valence-corrected chi connectivity index (χ3v) is 5.02. The van der Waals surface area contributed by atoms with Crippen molar-refractivity contribution >= 4 is 0 Å². The number of hydrogen-bond donors (Lipinski definition) is 0. The predicted octanol–water partition coefficient (Wildman–Crippen LogP) is 3.62. The van der Waals surface area contributed by atoms with E-state index in [-0.39, 0.29) is 18.0 Å². The minimum atomic E-state index is -4.50. The first kappa shape index (κ1) is 19.8. The lowest BCUT2D eigenvalue weighted by atomic mass is 10.2. The number of aromatic nitrogens is 2. The zero-order valence-corrected chi connectivity index (χ0v) is 16.2. The third-order valence-electron chi connectivity index (χ3n) is 5.02. The Labute approximate surface area is 166 Å². The molecule has 0 bridgehead atoms. The highest BCUT2D eigenvalue weighted by Gasteiger charge is 2.35. The minimum absolute atomic E-state index is 0.00818. The molecule has 1 fully saturated rings. The molecule has 0 radical (unpaired) electrons. The molecule has 29 heavy (non-hydrogen) atoms. The van der Waals surface area contributed by atoms with E-state index in [1.54, 1.807) is 6.92 Å². The maximum Gasteiger partial charge on any atom is 0.433 e. The summed E-state index contributed by atoms with van der Waals surface area (Å²) >= 11 is 0. The van der Waals surface area contributed by atoms with Crippen molar-refractivity contribution in [2.24, 2.45) is 0 Å². The first-order valence-electron chi connectivity index (χ1n) is 9.50. The van der Waals surface area contributed by atoms with Crippen molar-refractivity contribution in [2.45, 2.75) is 45.1 Å². The SMILES string of the molecule is Cc1cc(O[C@@H]2C[C@H](C)N(Cc3ccc4c(n3)OCCO4)C2)nc(C(F)(F)F)c1. The van der Waals surface area contributed by atoms with Crippen molar-refractivity contribution in [3.8, 4) is 17.5 Å². The van der Waals surface area contributed by atoms with Gasteiger partial charge in [-0.05, 0) is 37.6 Å². The van der Waals surface area contributed by atoms with E-state index in [0.717, 1.165) is 11.8 Å². The van der Waals surface area contributed by atoms with E-state index >= 15 is 0 Å². The summed E-state index contributed by atoms with van der Waals surface area (Å²) in [6.45, 7) is 5.82. The molecule has 0 spiro atoms. The van der Waals surface area contributed by atoms with Crippen molar-refractivity contribution in [3.05, 3.63) is 41.2 Å². The Balaban J connectivity index is 1.42. The lowest BCUT2D eigenvalue weighted by Crippen LogP contribution is -2.29. The van der Waals surface area contributed by atoms with Crippen molar-refractivity contribution in [1.29, 1.82) is 0 Å². The smallest absolute Gasteiger partial charge is 0.433 e.